The summed E-state index contributed by atoms with van der Waals surface area (Å²) in [4.78, 5) is 0. The maximum Gasteiger partial charge on any atom is 0.473 e. The van der Waals surface area contributed by atoms with Gasteiger partial charge in [-0.3, -0.25) is 0 Å². The Hall–Kier alpha value is 0.266. The molecule has 0 saturated heterocycles. The highest BCUT2D eigenvalue weighted by atomic mass is 79.9. The Kier molecular flexibility index (Phi) is 4.26. The molecule has 0 aliphatic heterocycles. The van der Waals surface area contributed by atoms with Crippen LogP contribution < -0.4 is 4.74 Å². The highest BCUT2D eigenvalue weighted by Crippen LogP contribution is 2.17. The fourth-order valence-electron chi connectivity index (χ4n) is 1.01. The third kappa shape index (κ3) is 2.65. The molecule has 0 spiro atoms. The van der Waals surface area contributed by atoms with Gasteiger partial charge in [-0.1, -0.05) is 22.7 Å². The Morgan fingerprint density at radius 1 is 1.45 bits per heavy atom. The lowest BCUT2D eigenvalue weighted by molar-refractivity contribution is 0.411. The smallest absolute Gasteiger partial charge is 0.473 e. The summed E-state index contributed by atoms with van der Waals surface area (Å²) in [6.45, 7) is 0. The molecular weight excluding hydrogens is 216 g/mol. The first-order chi connectivity index (χ1) is 5.38. The van der Waals surface area contributed by atoms with E-state index in [0.29, 0.717) is 0 Å². The highest BCUT2D eigenvalue weighted by molar-refractivity contribution is 9.23. The van der Waals surface area contributed by atoms with Crippen LogP contribution in [0.4, 0.5) is 0 Å². The number of hydrogen-bond donors (Lipinski definition) is 0. The van der Waals surface area contributed by atoms with Crippen molar-refractivity contribution in [3.8, 4) is 5.75 Å². The summed E-state index contributed by atoms with van der Waals surface area (Å²) in [6, 6.07) is 8.17. The summed E-state index contributed by atoms with van der Waals surface area (Å²) in [5.41, 5.74) is 1.32. The van der Waals surface area contributed by atoms with Crippen molar-refractivity contribution in [2.45, 2.75) is 4.55 Å². The zero-order valence-electron chi connectivity index (χ0n) is 6.51. The second-order valence-corrected chi connectivity index (χ2v) is 5.51. The van der Waals surface area contributed by atoms with E-state index in [1.807, 2.05) is 12.1 Å². The molecule has 0 aliphatic carbocycles. The molecule has 0 radical (unpaired) electrons. The predicted octanol–water partition coefficient (Wildman–Crippen LogP) is 2.21. The van der Waals surface area contributed by atoms with Gasteiger partial charge in [0.05, 0.1) is 7.11 Å². The van der Waals surface area contributed by atoms with E-state index in [1.165, 1.54) is 5.56 Å². The highest BCUT2D eigenvalue weighted by Gasteiger charge is 2.00. The number of benzene rings is 1. The van der Waals surface area contributed by atoms with Crippen LogP contribution in [0.15, 0.2) is 24.3 Å². The molecule has 1 aromatic rings. The lowest BCUT2D eigenvalue weighted by Gasteiger charge is -2.05. The molecule has 0 aliphatic rings. The van der Waals surface area contributed by atoms with Gasteiger partial charge in [0.25, 0.3) is 0 Å². The molecule has 0 saturated carbocycles. The van der Waals surface area contributed by atoms with Crippen LogP contribution in [0.5, 0.6) is 5.75 Å². The van der Waals surface area contributed by atoms with Crippen molar-refractivity contribution in [3.63, 3.8) is 0 Å². The minimum absolute atomic E-state index is 0.0825. The van der Waals surface area contributed by atoms with Crippen molar-refractivity contribution in [2.75, 3.05) is 7.11 Å². The second kappa shape index (κ2) is 5.01. The number of methoxy groups -OCH3 is 1. The molecular formula is C8H9BrMgO. The molecule has 0 aromatic heterocycles. The third-order valence-corrected chi connectivity index (χ3v) is 3.47. The van der Waals surface area contributed by atoms with E-state index < -0.39 is 0 Å². The average Bonchev–Trinajstić information content (AvgIpc) is 2.06. The Labute approximate surface area is 82.7 Å². The van der Waals surface area contributed by atoms with Gasteiger partial charge in [0, 0.05) is 0 Å². The van der Waals surface area contributed by atoms with Crippen LogP contribution in [0, 0.1) is 0 Å². The van der Waals surface area contributed by atoms with Crippen LogP contribution in [0.2, 0.25) is 0 Å². The van der Waals surface area contributed by atoms with Gasteiger partial charge in [0.15, 0.2) is 0 Å². The van der Waals surface area contributed by atoms with Crippen LogP contribution in [0.1, 0.15) is 5.56 Å². The number of para-hydroxylation sites is 1. The zero-order chi connectivity index (χ0) is 8.10. The van der Waals surface area contributed by atoms with Crippen LogP contribution in [0.25, 0.3) is 0 Å². The summed E-state index contributed by atoms with van der Waals surface area (Å²) >= 11 is 3.45. The quantitative estimate of drug-likeness (QED) is 0.717. The number of ether oxygens (including phenoxy) is 1. The fourth-order valence-corrected chi connectivity index (χ4v) is 2.91. The van der Waals surface area contributed by atoms with Gasteiger partial charge in [0.2, 0.25) is 0 Å². The van der Waals surface area contributed by atoms with Crippen molar-refractivity contribution >= 4 is 31.1 Å². The molecule has 1 rings (SSSR count). The monoisotopic (exact) mass is 224 g/mol. The minimum atomic E-state index is -0.0825. The van der Waals surface area contributed by atoms with Gasteiger partial charge in [-0.2, -0.15) is 0 Å². The van der Waals surface area contributed by atoms with Gasteiger partial charge in [-0.05, 0) is 11.6 Å². The molecule has 0 heterocycles. The topological polar surface area (TPSA) is 9.23 Å². The fraction of sp³-hybridized carbons (Fsp3) is 0.250. The number of hydrogen-bond acceptors (Lipinski definition) is 1. The SMILES string of the molecule is COc1ccccc1[CH2][Mg][Br]. The van der Waals surface area contributed by atoms with E-state index in [2.05, 4.69) is 25.0 Å². The maximum absolute atomic E-state index is 5.20. The van der Waals surface area contributed by atoms with Crippen LogP contribution in [0.3, 0.4) is 0 Å². The van der Waals surface area contributed by atoms with E-state index in [-0.39, 0.29) is 18.2 Å². The van der Waals surface area contributed by atoms with Crippen molar-refractivity contribution in [2.24, 2.45) is 0 Å². The van der Waals surface area contributed by atoms with E-state index in [9.17, 15) is 0 Å². The zero-order valence-corrected chi connectivity index (χ0v) is 9.51. The van der Waals surface area contributed by atoms with E-state index in [0.717, 1.165) is 10.3 Å². The normalized spacial score (nSPS) is 8.91. The summed E-state index contributed by atoms with van der Waals surface area (Å²) in [5, 5.41) is 0. The summed E-state index contributed by atoms with van der Waals surface area (Å²) in [5.74, 6) is 1.01. The van der Waals surface area contributed by atoms with Crippen molar-refractivity contribution < 1.29 is 4.74 Å². The molecule has 0 unspecified atom stereocenters. The lowest BCUT2D eigenvalue weighted by atomic mass is 10.2. The lowest BCUT2D eigenvalue weighted by Crippen LogP contribution is -1.93. The average molecular weight is 225 g/mol. The van der Waals surface area contributed by atoms with Crippen LogP contribution in [-0.4, -0.2) is 25.3 Å². The molecule has 3 heteroatoms. The summed E-state index contributed by atoms with van der Waals surface area (Å²) in [7, 11) is 1.72. The minimum Gasteiger partial charge on any atom is -0.497 e. The van der Waals surface area contributed by atoms with Gasteiger partial charge in [-0.25, -0.2) is 0 Å². The van der Waals surface area contributed by atoms with Gasteiger partial charge >= 0.3 is 18.2 Å². The largest absolute Gasteiger partial charge is 0.497 e. The standard InChI is InChI=1S/C8H9O.BrH.Mg/c1-7-5-3-4-6-8(7)9-2;;/h3-6H,1H2,2H3;1H;/q;;+1/p-1. The van der Waals surface area contributed by atoms with Crippen LogP contribution in [-0.2, 0) is 4.55 Å². The Bertz CT molecular complexity index is 227. The van der Waals surface area contributed by atoms with Gasteiger partial charge in [-0.15, -0.1) is 0 Å². The first-order valence-electron chi connectivity index (χ1n) is 3.56. The Balaban J connectivity index is 2.83. The Morgan fingerprint density at radius 3 is 2.82 bits per heavy atom. The van der Waals surface area contributed by atoms with Gasteiger partial charge in [0.1, 0.15) is 5.75 Å². The first-order valence-corrected chi connectivity index (χ1v) is 8.46. The molecule has 0 N–H and O–H groups in total. The Morgan fingerprint density at radius 2 is 2.18 bits per heavy atom. The molecule has 1 aromatic carbocycles. The maximum atomic E-state index is 5.20. The van der Waals surface area contributed by atoms with Crippen molar-refractivity contribution in [1.82, 2.24) is 0 Å². The number of rotatable bonds is 3. The number of halogens is 1. The molecule has 11 heavy (non-hydrogen) atoms. The van der Waals surface area contributed by atoms with Crippen LogP contribution >= 0.6 is 12.9 Å². The first kappa shape index (κ1) is 9.35. The second-order valence-electron chi connectivity index (χ2n) is 2.25. The molecule has 0 amide bonds. The molecule has 0 fully saturated rings. The van der Waals surface area contributed by atoms with Gasteiger partial charge < -0.3 is 17.6 Å². The van der Waals surface area contributed by atoms with E-state index in [4.69, 9.17) is 4.74 Å². The third-order valence-electron chi connectivity index (χ3n) is 1.56. The molecule has 0 bridgehead atoms. The van der Waals surface area contributed by atoms with Crippen molar-refractivity contribution in [1.29, 1.82) is 0 Å². The molecule has 0 atom stereocenters. The van der Waals surface area contributed by atoms with E-state index >= 15 is 0 Å². The van der Waals surface area contributed by atoms with E-state index in [1.54, 1.807) is 7.11 Å². The van der Waals surface area contributed by atoms with Crippen molar-refractivity contribution in [3.05, 3.63) is 29.8 Å². The summed E-state index contributed by atoms with van der Waals surface area (Å²) < 4.78 is 6.36. The molecule has 1 nitrogen and oxygen atoms in total. The summed E-state index contributed by atoms with van der Waals surface area (Å²) in [6.07, 6.45) is 0. The molecule has 56 valence electrons. The predicted molar refractivity (Wildman–Crippen MR) is 51.4 cm³/mol.